The highest BCUT2D eigenvalue weighted by Crippen LogP contribution is 2.24. The van der Waals surface area contributed by atoms with Crippen LogP contribution in [-0.2, 0) is 4.79 Å². The first kappa shape index (κ1) is 14.5. The van der Waals surface area contributed by atoms with Crippen LogP contribution in [0.3, 0.4) is 0 Å². The number of benzene rings is 1. The molecule has 0 unspecified atom stereocenters. The van der Waals surface area contributed by atoms with Crippen molar-refractivity contribution in [3.63, 3.8) is 0 Å². The number of nitrogens with one attached hydrogen (secondary N) is 1. The topological polar surface area (TPSA) is 73.1 Å². The molecule has 0 radical (unpaired) electrons. The van der Waals surface area contributed by atoms with Gasteiger partial charge in [-0.3, -0.25) is 4.79 Å². The monoisotopic (exact) mass is 256 g/mol. The van der Waals surface area contributed by atoms with E-state index in [2.05, 4.69) is 11.9 Å². The molecule has 0 aliphatic heterocycles. The van der Waals surface area contributed by atoms with Crippen LogP contribution in [0, 0.1) is 25.2 Å². The molecule has 0 spiro atoms. The fourth-order valence-corrected chi connectivity index (χ4v) is 1.65. The highest BCUT2D eigenvalue weighted by atomic mass is 16.3. The summed E-state index contributed by atoms with van der Waals surface area (Å²) < 4.78 is 0. The lowest BCUT2D eigenvalue weighted by atomic mass is 10.0. The lowest BCUT2D eigenvalue weighted by molar-refractivity contribution is -0.116. The average Bonchev–Trinajstić information content (AvgIpc) is 2.39. The predicted molar refractivity (Wildman–Crippen MR) is 74.4 cm³/mol. The Balaban J connectivity index is 3.08. The summed E-state index contributed by atoms with van der Waals surface area (Å²) >= 11 is 0. The Morgan fingerprint density at radius 2 is 2.05 bits per heavy atom. The summed E-state index contributed by atoms with van der Waals surface area (Å²) in [5, 5.41) is 21.2. The first-order valence-corrected chi connectivity index (χ1v) is 5.80. The molecule has 1 rings (SSSR count). The second kappa shape index (κ2) is 6.41. The van der Waals surface area contributed by atoms with Crippen molar-refractivity contribution in [2.75, 3.05) is 6.54 Å². The number of carbonyl (C=O) groups excluding carboxylic acids is 1. The summed E-state index contributed by atoms with van der Waals surface area (Å²) in [4.78, 5) is 11.7. The molecule has 0 bridgehead atoms. The molecule has 1 aromatic rings. The summed E-state index contributed by atoms with van der Waals surface area (Å²) in [6.45, 7) is 7.34. The van der Waals surface area contributed by atoms with Gasteiger partial charge < -0.3 is 10.4 Å². The summed E-state index contributed by atoms with van der Waals surface area (Å²) in [6.07, 6.45) is 3.04. The number of rotatable bonds is 4. The van der Waals surface area contributed by atoms with Crippen molar-refractivity contribution in [1.82, 2.24) is 5.32 Å². The smallest absolute Gasteiger partial charge is 0.262 e. The first-order chi connectivity index (χ1) is 8.99. The van der Waals surface area contributed by atoms with Crippen LogP contribution in [0.1, 0.15) is 16.7 Å². The fourth-order valence-electron chi connectivity index (χ4n) is 1.65. The van der Waals surface area contributed by atoms with Gasteiger partial charge in [0.05, 0.1) is 0 Å². The zero-order chi connectivity index (χ0) is 14.4. The third kappa shape index (κ3) is 3.71. The van der Waals surface area contributed by atoms with Crippen molar-refractivity contribution in [1.29, 1.82) is 5.26 Å². The Morgan fingerprint density at radius 1 is 1.47 bits per heavy atom. The van der Waals surface area contributed by atoms with Gasteiger partial charge in [0.25, 0.3) is 5.91 Å². The average molecular weight is 256 g/mol. The van der Waals surface area contributed by atoms with E-state index in [-0.39, 0.29) is 11.3 Å². The highest BCUT2D eigenvalue weighted by Gasteiger charge is 2.09. The minimum Gasteiger partial charge on any atom is -0.507 e. The van der Waals surface area contributed by atoms with E-state index >= 15 is 0 Å². The Kier molecular flexibility index (Phi) is 4.90. The normalized spacial score (nSPS) is 10.7. The third-order valence-corrected chi connectivity index (χ3v) is 2.60. The first-order valence-electron chi connectivity index (χ1n) is 5.80. The van der Waals surface area contributed by atoms with Crippen LogP contribution in [0.5, 0.6) is 5.75 Å². The number of aromatic hydroxyl groups is 1. The molecule has 0 aliphatic rings. The maximum atomic E-state index is 11.7. The summed E-state index contributed by atoms with van der Waals surface area (Å²) in [6, 6.07) is 5.31. The molecule has 4 nitrogen and oxygen atoms in total. The van der Waals surface area contributed by atoms with Crippen LogP contribution in [0.4, 0.5) is 0 Å². The minimum absolute atomic E-state index is 0.0198. The molecule has 98 valence electrons. The number of amides is 1. The molecule has 4 heteroatoms. The van der Waals surface area contributed by atoms with E-state index in [0.717, 1.165) is 0 Å². The van der Waals surface area contributed by atoms with Crippen molar-refractivity contribution in [2.24, 2.45) is 0 Å². The van der Waals surface area contributed by atoms with Gasteiger partial charge in [-0.05, 0) is 48.7 Å². The molecular weight excluding hydrogens is 240 g/mol. The lowest BCUT2D eigenvalue weighted by Crippen LogP contribution is -2.24. The number of phenolic OH excluding ortho intramolecular Hbond substituents is 1. The van der Waals surface area contributed by atoms with Crippen LogP contribution in [0.2, 0.25) is 0 Å². The molecule has 0 heterocycles. The fraction of sp³-hybridized carbons (Fsp3) is 0.200. The predicted octanol–water partition coefficient (Wildman–Crippen LogP) is 2.22. The number of hydrogen-bond donors (Lipinski definition) is 2. The van der Waals surface area contributed by atoms with E-state index in [0.29, 0.717) is 23.2 Å². The molecule has 0 atom stereocenters. The van der Waals surface area contributed by atoms with Crippen LogP contribution < -0.4 is 5.32 Å². The molecule has 1 aromatic carbocycles. The van der Waals surface area contributed by atoms with E-state index in [9.17, 15) is 9.90 Å². The van der Waals surface area contributed by atoms with Gasteiger partial charge in [-0.15, -0.1) is 6.58 Å². The number of hydrogen-bond acceptors (Lipinski definition) is 3. The number of aryl methyl sites for hydroxylation is 2. The summed E-state index contributed by atoms with van der Waals surface area (Å²) in [7, 11) is 0. The Hall–Kier alpha value is -2.54. The maximum absolute atomic E-state index is 11.7. The van der Waals surface area contributed by atoms with E-state index in [1.165, 1.54) is 6.08 Å². The third-order valence-electron chi connectivity index (χ3n) is 2.60. The van der Waals surface area contributed by atoms with Crippen LogP contribution >= 0.6 is 0 Å². The van der Waals surface area contributed by atoms with Crippen molar-refractivity contribution < 1.29 is 9.90 Å². The second-order valence-corrected chi connectivity index (χ2v) is 4.17. The largest absolute Gasteiger partial charge is 0.507 e. The summed E-state index contributed by atoms with van der Waals surface area (Å²) in [5.41, 5.74) is 2.13. The molecule has 0 aliphatic carbocycles. The lowest BCUT2D eigenvalue weighted by Gasteiger charge is -2.05. The molecule has 0 saturated heterocycles. The molecule has 0 aromatic heterocycles. The second-order valence-electron chi connectivity index (χ2n) is 4.17. The standard InChI is InChI=1S/C15H16N2O2/c1-4-5-17-15(19)13(9-16)8-12-6-10(2)14(18)11(3)7-12/h4,6-8,18H,1,5H2,2-3H3,(H,17,19)/b13-8+. The van der Waals surface area contributed by atoms with Gasteiger partial charge >= 0.3 is 0 Å². The van der Waals surface area contributed by atoms with Crippen LogP contribution in [0.25, 0.3) is 6.08 Å². The number of carbonyl (C=O) groups is 1. The van der Waals surface area contributed by atoms with E-state index in [4.69, 9.17) is 5.26 Å². The van der Waals surface area contributed by atoms with E-state index < -0.39 is 5.91 Å². The van der Waals surface area contributed by atoms with Crippen molar-refractivity contribution in [3.05, 3.63) is 47.1 Å². The Bertz CT molecular complexity index is 557. The number of nitrogens with zero attached hydrogens (tertiary/aromatic N) is 1. The van der Waals surface area contributed by atoms with Gasteiger partial charge in [-0.25, -0.2) is 0 Å². The molecule has 0 saturated carbocycles. The van der Waals surface area contributed by atoms with Gasteiger partial charge in [0.15, 0.2) is 0 Å². The van der Waals surface area contributed by atoms with E-state index in [1.54, 1.807) is 32.1 Å². The van der Waals surface area contributed by atoms with Crippen LogP contribution in [-0.4, -0.2) is 17.6 Å². The number of phenols is 1. The molecule has 1 amide bonds. The van der Waals surface area contributed by atoms with Crippen molar-refractivity contribution in [2.45, 2.75) is 13.8 Å². The van der Waals surface area contributed by atoms with Crippen molar-refractivity contribution in [3.8, 4) is 11.8 Å². The number of nitriles is 1. The van der Waals surface area contributed by atoms with Gasteiger partial charge in [-0.2, -0.15) is 5.26 Å². The zero-order valence-electron chi connectivity index (χ0n) is 11.0. The Morgan fingerprint density at radius 3 is 2.53 bits per heavy atom. The zero-order valence-corrected chi connectivity index (χ0v) is 11.0. The van der Waals surface area contributed by atoms with Gasteiger partial charge in [0, 0.05) is 6.54 Å². The van der Waals surface area contributed by atoms with Crippen LogP contribution in [0.15, 0.2) is 30.4 Å². The quantitative estimate of drug-likeness (QED) is 0.493. The maximum Gasteiger partial charge on any atom is 0.262 e. The Labute approximate surface area is 112 Å². The highest BCUT2D eigenvalue weighted by molar-refractivity contribution is 6.01. The van der Waals surface area contributed by atoms with Gasteiger partial charge in [0.2, 0.25) is 0 Å². The molecule has 19 heavy (non-hydrogen) atoms. The van der Waals surface area contributed by atoms with Gasteiger partial charge in [-0.1, -0.05) is 6.08 Å². The van der Waals surface area contributed by atoms with Gasteiger partial charge in [0.1, 0.15) is 17.4 Å². The van der Waals surface area contributed by atoms with E-state index in [1.807, 2.05) is 6.07 Å². The SMILES string of the molecule is C=CCNC(=O)/C(C#N)=C/c1cc(C)c(O)c(C)c1. The van der Waals surface area contributed by atoms with Crippen molar-refractivity contribution >= 4 is 12.0 Å². The minimum atomic E-state index is -0.439. The molecule has 0 fully saturated rings. The summed E-state index contributed by atoms with van der Waals surface area (Å²) in [5.74, 6) is -0.211. The molecule has 2 N–H and O–H groups in total. The molecular formula is C15H16N2O2.